The zero-order chi connectivity index (χ0) is 21.2. The number of aliphatic carboxylic acids is 1. The van der Waals surface area contributed by atoms with E-state index in [9.17, 15) is 14.7 Å². The summed E-state index contributed by atoms with van der Waals surface area (Å²) in [5.74, 6) is -0.680. The molecule has 160 valence electrons. The van der Waals surface area contributed by atoms with Crippen molar-refractivity contribution in [2.24, 2.45) is 33.5 Å². The molecule has 0 aromatic rings. The predicted octanol–water partition coefficient (Wildman–Crippen LogP) is 5.53. The summed E-state index contributed by atoms with van der Waals surface area (Å²) in [6, 6.07) is 0. The molecule has 0 aromatic carbocycles. The smallest absolute Gasteiger partial charge is 0.330 e. The van der Waals surface area contributed by atoms with Crippen LogP contribution < -0.4 is 0 Å². The zero-order valence-electron chi connectivity index (χ0n) is 18.6. The molecule has 0 aromatic heterocycles. The van der Waals surface area contributed by atoms with E-state index in [1.54, 1.807) is 0 Å². The van der Waals surface area contributed by atoms with E-state index in [1.807, 2.05) is 20.8 Å². The van der Waals surface area contributed by atoms with Gasteiger partial charge in [0.25, 0.3) is 0 Å². The highest BCUT2D eigenvalue weighted by Gasteiger charge is 2.67. The number of hydrogen-bond donors (Lipinski definition) is 1. The highest BCUT2D eigenvalue weighted by Crippen LogP contribution is 2.71. The van der Waals surface area contributed by atoms with Gasteiger partial charge in [0.15, 0.2) is 0 Å². The van der Waals surface area contributed by atoms with E-state index in [4.69, 9.17) is 4.74 Å². The van der Waals surface area contributed by atoms with Crippen molar-refractivity contribution in [1.82, 2.24) is 0 Å². The zero-order valence-corrected chi connectivity index (χ0v) is 18.6. The fraction of sp³-hybridized carbons (Fsp3) is 0.760. The van der Waals surface area contributed by atoms with Crippen LogP contribution in [0.5, 0.6) is 0 Å². The van der Waals surface area contributed by atoms with E-state index in [0.717, 1.165) is 24.8 Å². The van der Waals surface area contributed by atoms with Crippen molar-refractivity contribution in [3.05, 3.63) is 23.8 Å². The standard InChI is InChI=1S/C25H36O4/c1-16(2)14-20(26)29-19-8-10-23(4)17(24(19,5)21(27)28)7-11-25-13-12-22(3,15-25)9-6-18(23)25/h12-14,17-19H,6-11,15H2,1-5H3,(H,27,28). The quantitative estimate of drug-likeness (QED) is 0.384. The lowest BCUT2D eigenvalue weighted by Gasteiger charge is -2.64. The third-order valence-corrected chi connectivity index (χ3v) is 9.20. The van der Waals surface area contributed by atoms with Crippen molar-refractivity contribution >= 4 is 11.9 Å². The molecule has 0 amide bonds. The van der Waals surface area contributed by atoms with Crippen molar-refractivity contribution in [2.45, 2.75) is 85.7 Å². The average Bonchev–Trinajstić information content (AvgIpc) is 2.86. The minimum Gasteiger partial charge on any atom is -0.481 e. The molecule has 3 saturated carbocycles. The fourth-order valence-electron chi connectivity index (χ4n) is 7.91. The molecule has 7 unspecified atom stereocenters. The van der Waals surface area contributed by atoms with Gasteiger partial charge in [0.2, 0.25) is 0 Å². The van der Waals surface area contributed by atoms with Gasteiger partial charge in [0, 0.05) is 6.08 Å². The number of esters is 1. The van der Waals surface area contributed by atoms with Crippen LogP contribution in [-0.2, 0) is 14.3 Å². The Bertz CT molecular complexity index is 793. The molecule has 0 heterocycles. The van der Waals surface area contributed by atoms with Crippen LogP contribution in [0.4, 0.5) is 0 Å². The summed E-state index contributed by atoms with van der Waals surface area (Å²) in [5, 5.41) is 10.4. The van der Waals surface area contributed by atoms with Crippen molar-refractivity contribution in [3.8, 4) is 0 Å². The maximum absolute atomic E-state index is 12.6. The minimum atomic E-state index is -1.04. The number of ether oxygens (including phenoxy) is 1. The summed E-state index contributed by atoms with van der Waals surface area (Å²) in [4.78, 5) is 25.0. The number of rotatable bonds is 3. The van der Waals surface area contributed by atoms with Gasteiger partial charge in [-0.3, -0.25) is 4.79 Å². The summed E-state index contributed by atoms with van der Waals surface area (Å²) in [5.41, 5.74) is 0.366. The van der Waals surface area contributed by atoms with Crippen LogP contribution >= 0.6 is 0 Å². The summed E-state index contributed by atoms with van der Waals surface area (Å²) in [6.45, 7) is 10.3. The average molecular weight is 401 g/mol. The van der Waals surface area contributed by atoms with Crippen LogP contribution in [0.25, 0.3) is 0 Å². The van der Waals surface area contributed by atoms with Gasteiger partial charge in [-0.2, -0.15) is 0 Å². The van der Waals surface area contributed by atoms with E-state index in [2.05, 4.69) is 26.0 Å². The van der Waals surface area contributed by atoms with Gasteiger partial charge in [0.05, 0.1) is 0 Å². The normalized spacial score (nSPS) is 47.7. The first-order valence-electron chi connectivity index (χ1n) is 11.2. The first-order valence-corrected chi connectivity index (χ1v) is 11.2. The molecule has 4 rings (SSSR count). The SMILES string of the molecule is CC(C)=CC(=O)OC1CCC2(C)C3CCC4(C)C=CC3(CCC2C1(C)C(=O)O)C4. The number of carbonyl (C=O) groups is 2. The van der Waals surface area contributed by atoms with Gasteiger partial charge in [0.1, 0.15) is 11.5 Å². The lowest BCUT2D eigenvalue weighted by Crippen LogP contribution is -2.63. The Morgan fingerprint density at radius 1 is 1.00 bits per heavy atom. The van der Waals surface area contributed by atoms with E-state index < -0.39 is 23.5 Å². The molecule has 0 aliphatic heterocycles. The highest BCUT2D eigenvalue weighted by atomic mass is 16.5. The molecule has 2 bridgehead atoms. The van der Waals surface area contributed by atoms with E-state index in [-0.39, 0.29) is 16.7 Å². The summed E-state index contributed by atoms with van der Waals surface area (Å²) < 4.78 is 5.77. The van der Waals surface area contributed by atoms with Crippen LogP contribution in [0.3, 0.4) is 0 Å². The molecular formula is C25H36O4. The van der Waals surface area contributed by atoms with Crippen LogP contribution in [0.15, 0.2) is 23.8 Å². The molecule has 3 fully saturated rings. The first kappa shape index (κ1) is 20.7. The van der Waals surface area contributed by atoms with Crippen molar-refractivity contribution < 1.29 is 19.4 Å². The largest absolute Gasteiger partial charge is 0.481 e. The van der Waals surface area contributed by atoms with E-state index in [0.29, 0.717) is 17.8 Å². The Labute approximate surface area is 174 Å². The molecule has 1 N–H and O–H groups in total. The molecule has 4 nitrogen and oxygen atoms in total. The number of allylic oxidation sites excluding steroid dienone is 3. The molecule has 4 aliphatic rings. The van der Waals surface area contributed by atoms with Gasteiger partial charge in [-0.15, -0.1) is 0 Å². The molecule has 29 heavy (non-hydrogen) atoms. The highest BCUT2D eigenvalue weighted by molar-refractivity contribution is 5.84. The topological polar surface area (TPSA) is 63.6 Å². The molecule has 4 aliphatic carbocycles. The van der Waals surface area contributed by atoms with Gasteiger partial charge < -0.3 is 9.84 Å². The molecule has 4 heteroatoms. The second-order valence-electron chi connectivity index (χ2n) is 11.4. The Morgan fingerprint density at radius 2 is 1.69 bits per heavy atom. The number of hydrogen-bond acceptors (Lipinski definition) is 3. The van der Waals surface area contributed by atoms with Gasteiger partial charge in [-0.1, -0.05) is 31.6 Å². The molecular weight excluding hydrogens is 364 g/mol. The Hall–Kier alpha value is -1.58. The van der Waals surface area contributed by atoms with Crippen LogP contribution in [-0.4, -0.2) is 23.1 Å². The van der Waals surface area contributed by atoms with Gasteiger partial charge in [-0.25, -0.2) is 4.79 Å². The van der Waals surface area contributed by atoms with Crippen molar-refractivity contribution in [2.75, 3.05) is 0 Å². The number of carboxylic acids is 1. The Balaban J connectivity index is 1.68. The summed E-state index contributed by atoms with van der Waals surface area (Å²) >= 11 is 0. The minimum absolute atomic E-state index is 0.0270. The molecule has 0 saturated heterocycles. The summed E-state index contributed by atoms with van der Waals surface area (Å²) in [6.07, 6.45) is 12.9. The van der Waals surface area contributed by atoms with E-state index >= 15 is 0 Å². The van der Waals surface area contributed by atoms with Crippen LogP contribution in [0.1, 0.15) is 79.6 Å². The molecule has 0 radical (unpaired) electrons. The first-order chi connectivity index (χ1) is 13.5. The Kier molecular flexibility index (Phi) is 4.61. The number of carbonyl (C=O) groups excluding carboxylic acids is 1. The van der Waals surface area contributed by atoms with Gasteiger partial charge in [-0.05, 0) is 93.8 Å². The third kappa shape index (κ3) is 2.92. The fourth-order valence-corrected chi connectivity index (χ4v) is 7.91. The number of carboxylic acid groups (broad SMARTS) is 1. The van der Waals surface area contributed by atoms with Crippen LogP contribution in [0, 0.1) is 33.5 Å². The summed E-state index contributed by atoms with van der Waals surface area (Å²) in [7, 11) is 0. The lowest BCUT2D eigenvalue weighted by molar-refractivity contribution is -0.210. The monoisotopic (exact) mass is 400 g/mol. The van der Waals surface area contributed by atoms with Crippen LogP contribution in [0.2, 0.25) is 0 Å². The molecule has 1 spiro atoms. The predicted molar refractivity (Wildman–Crippen MR) is 112 cm³/mol. The maximum Gasteiger partial charge on any atom is 0.330 e. The lowest BCUT2D eigenvalue weighted by atomic mass is 9.40. The maximum atomic E-state index is 12.6. The molecule has 7 atom stereocenters. The van der Waals surface area contributed by atoms with Crippen molar-refractivity contribution in [1.29, 1.82) is 0 Å². The second kappa shape index (κ2) is 6.46. The van der Waals surface area contributed by atoms with E-state index in [1.165, 1.54) is 25.3 Å². The second-order valence-corrected chi connectivity index (χ2v) is 11.4. The third-order valence-electron chi connectivity index (χ3n) is 9.20. The van der Waals surface area contributed by atoms with Crippen molar-refractivity contribution in [3.63, 3.8) is 0 Å². The number of fused-ring (bicyclic) bond motifs is 3. The van der Waals surface area contributed by atoms with Gasteiger partial charge >= 0.3 is 11.9 Å². The Morgan fingerprint density at radius 3 is 2.34 bits per heavy atom.